The molecule has 0 unspecified atom stereocenters. The molecule has 1 aliphatic carbocycles. The minimum absolute atomic E-state index is 0. The summed E-state index contributed by atoms with van der Waals surface area (Å²) in [5, 5.41) is 4.83. The summed E-state index contributed by atoms with van der Waals surface area (Å²) in [7, 11) is -3.47. The fraction of sp³-hybridized carbons (Fsp3) is 1.00. The van der Waals surface area contributed by atoms with Crippen LogP contribution in [0.5, 0.6) is 0 Å². The minimum Gasteiger partial charge on any atom is -0.216 e. The molecule has 1 fully saturated rings. The van der Waals surface area contributed by atoms with E-state index in [-0.39, 0.29) is 18.4 Å². The molecular formula is C6H15ClN2O2S. The molecule has 0 aliphatic heterocycles. The molecule has 0 aromatic rings. The Hall–Kier alpha value is 0.160. The Balaban J connectivity index is 0.00000121. The van der Waals surface area contributed by atoms with Crippen molar-refractivity contribution in [2.75, 3.05) is 0 Å². The Bertz CT molecular complexity index is 212. The summed E-state index contributed by atoms with van der Waals surface area (Å²) >= 11 is 0. The van der Waals surface area contributed by atoms with Crippen LogP contribution in [0.3, 0.4) is 0 Å². The number of halogens is 1. The number of hydrogen-bond donors (Lipinski definition) is 2. The van der Waals surface area contributed by atoms with Crippen molar-refractivity contribution in [3.8, 4) is 0 Å². The van der Waals surface area contributed by atoms with Gasteiger partial charge in [-0.2, -0.15) is 13.1 Å². The average Bonchev–Trinajstić information content (AvgIpc) is 1.85. The van der Waals surface area contributed by atoms with Gasteiger partial charge in [-0.25, -0.2) is 5.14 Å². The summed E-state index contributed by atoms with van der Waals surface area (Å²) in [5.41, 5.74) is 0. The van der Waals surface area contributed by atoms with Crippen LogP contribution in [-0.4, -0.2) is 14.5 Å². The topological polar surface area (TPSA) is 72.2 Å². The van der Waals surface area contributed by atoms with E-state index in [2.05, 4.69) is 4.72 Å². The Labute approximate surface area is 79.5 Å². The maximum absolute atomic E-state index is 10.6. The van der Waals surface area contributed by atoms with E-state index in [0.717, 1.165) is 25.7 Å². The van der Waals surface area contributed by atoms with Crippen molar-refractivity contribution >= 4 is 22.6 Å². The van der Waals surface area contributed by atoms with Crippen LogP contribution in [0.4, 0.5) is 0 Å². The molecule has 0 amide bonds. The quantitative estimate of drug-likeness (QED) is 0.704. The molecule has 1 aliphatic rings. The SMILES string of the molecule is Cl.NS(=O)(=O)NC1CCCCC1. The summed E-state index contributed by atoms with van der Waals surface area (Å²) in [6.45, 7) is 0. The maximum Gasteiger partial charge on any atom is 0.274 e. The predicted octanol–water partition coefficient (Wildman–Crippen LogP) is 0.534. The van der Waals surface area contributed by atoms with Gasteiger partial charge in [0.25, 0.3) is 10.2 Å². The van der Waals surface area contributed by atoms with E-state index in [1.807, 2.05) is 0 Å². The summed E-state index contributed by atoms with van der Waals surface area (Å²) in [6.07, 6.45) is 5.27. The van der Waals surface area contributed by atoms with E-state index in [4.69, 9.17) is 5.14 Å². The van der Waals surface area contributed by atoms with E-state index in [9.17, 15) is 8.42 Å². The third-order valence-corrected chi connectivity index (χ3v) is 2.60. The molecule has 0 spiro atoms. The molecule has 0 saturated heterocycles. The second-order valence-electron chi connectivity index (χ2n) is 3.00. The third kappa shape index (κ3) is 4.92. The van der Waals surface area contributed by atoms with Crippen LogP contribution < -0.4 is 9.86 Å². The van der Waals surface area contributed by atoms with Gasteiger partial charge in [0.1, 0.15) is 0 Å². The maximum atomic E-state index is 10.6. The first kappa shape index (κ1) is 12.2. The summed E-state index contributed by atoms with van der Waals surface area (Å²) < 4.78 is 23.5. The van der Waals surface area contributed by atoms with Crippen molar-refractivity contribution in [2.24, 2.45) is 5.14 Å². The van der Waals surface area contributed by atoms with E-state index in [1.54, 1.807) is 0 Å². The molecule has 6 heteroatoms. The summed E-state index contributed by atoms with van der Waals surface area (Å²) in [6, 6.07) is 0.0822. The number of hydrogen-bond acceptors (Lipinski definition) is 2. The van der Waals surface area contributed by atoms with Crippen LogP contribution >= 0.6 is 12.4 Å². The van der Waals surface area contributed by atoms with E-state index in [1.165, 1.54) is 6.42 Å². The highest BCUT2D eigenvalue weighted by Gasteiger charge is 2.16. The number of nitrogens with two attached hydrogens (primary N) is 1. The lowest BCUT2D eigenvalue weighted by molar-refractivity contribution is 0.412. The van der Waals surface area contributed by atoms with Crippen molar-refractivity contribution in [1.29, 1.82) is 0 Å². The Morgan fingerprint density at radius 3 is 2.08 bits per heavy atom. The normalized spacial score (nSPS) is 20.1. The molecule has 1 rings (SSSR count). The molecule has 1 saturated carbocycles. The lowest BCUT2D eigenvalue weighted by Crippen LogP contribution is -2.40. The number of rotatable bonds is 2. The van der Waals surface area contributed by atoms with Gasteiger partial charge < -0.3 is 0 Å². The van der Waals surface area contributed by atoms with Crippen LogP contribution in [0, 0.1) is 0 Å². The van der Waals surface area contributed by atoms with E-state index >= 15 is 0 Å². The van der Waals surface area contributed by atoms with Crippen LogP contribution in [0.1, 0.15) is 32.1 Å². The lowest BCUT2D eigenvalue weighted by atomic mass is 9.96. The van der Waals surface area contributed by atoms with E-state index in [0.29, 0.717) is 0 Å². The van der Waals surface area contributed by atoms with Gasteiger partial charge in [0, 0.05) is 6.04 Å². The van der Waals surface area contributed by atoms with Gasteiger partial charge in [0.2, 0.25) is 0 Å². The smallest absolute Gasteiger partial charge is 0.216 e. The fourth-order valence-corrected chi connectivity index (χ4v) is 2.15. The standard InChI is InChI=1S/C6H14N2O2S.ClH/c7-11(9,10)8-6-4-2-1-3-5-6;/h6,8H,1-5H2,(H2,7,9,10);1H. The molecule has 0 bridgehead atoms. The fourth-order valence-electron chi connectivity index (χ4n) is 1.45. The van der Waals surface area contributed by atoms with Crippen molar-refractivity contribution in [2.45, 2.75) is 38.1 Å². The van der Waals surface area contributed by atoms with Crippen molar-refractivity contribution in [3.05, 3.63) is 0 Å². The van der Waals surface area contributed by atoms with Gasteiger partial charge in [0.05, 0.1) is 0 Å². The third-order valence-electron chi connectivity index (χ3n) is 1.94. The molecule has 74 valence electrons. The van der Waals surface area contributed by atoms with Crippen LogP contribution in [0.15, 0.2) is 0 Å². The number of nitrogens with one attached hydrogen (secondary N) is 1. The zero-order valence-electron chi connectivity index (χ0n) is 6.82. The van der Waals surface area contributed by atoms with Gasteiger partial charge in [-0.3, -0.25) is 0 Å². The predicted molar refractivity (Wildman–Crippen MR) is 50.4 cm³/mol. The largest absolute Gasteiger partial charge is 0.274 e. The van der Waals surface area contributed by atoms with Crippen LogP contribution in [0.2, 0.25) is 0 Å². The van der Waals surface area contributed by atoms with Crippen molar-refractivity contribution < 1.29 is 8.42 Å². The molecule has 0 aromatic carbocycles. The monoisotopic (exact) mass is 214 g/mol. The summed E-state index contributed by atoms with van der Waals surface area (Å²) in [5.74, 6) is 0. The van der Waals surface area contributed by atoms with Gasteiger partial charge in [0.15, 0.2) is 0 Å². The van der Waals surface area contributed by atoms with E-state index < -0.39 is 10.2 Å². The van der Waals surface area contributed by atoms with Gasteiger partial charge in [-0.05, 0) is 12.8 Å². The zero-order chi connectivity index (χ0) is 8.32. The van der Waals surface area contributed by atoms with Gasteiger partial charge in [-0.1, -0.05) is 19.3 Å². The highest BCUT2D eigenvalue weighted by atomic mass is 35.5. The highest BCUT2D eigenvalue weighted by Crippen LogP contribution is 2.17. The van der Waals surface area contributed by atoms with Crippen LogP contribution in [0.25, 0.3) is 0 Å². The molecule has 4 nitrogen and oxygen atoms in total. The first-order valence-corrected chi connectivity index (χ1v) is 5.42. The molecule has 0 radical (unpaired) electrons. The molecule has 3 N–H and O–H groups in total. The first-order valence-electron chi connectivity index (χ1n) is 3.88. The van der Waals surface area contributed by atoms with Gasteiger partial charge >= 0.3 is 0 Å². The first-order chi connectivity index (χ1) is 5.08. The second kappa shape index (κ2) is 5.01. The average molecular weight is 215 g/mol. The molecule has 0 atom stereocenters. The molecular weight excluding hydrogens is 200 g/mol. The Kier molecular flexibility index (Phi) is 5.08. The molecule has 0 heterocycles. The van der Waals surface area contributed by atoms with Gasteiger partial charge in [-0.15, -0.1) is 12.4 Å². The Morgan fingerprint density at radius 2 is 1.67 bits per heavy atom. The minimum atomic E-state index is -3.47. The zero-order valence-corrected chi connectivity index (χ0v) is 8.46. The Morgan fingerprint density at radius 1 is 1.17 bits per heavy atom. The van der Waals surface area contributed by atoms with Crippen molar-refractivity contribution in [1.82, 2.24) is 4.72 Å². The second-order valence-corrected chi connectivity index (χ2v) is 4.32. The van der Waals surface area contributed by atoms with Crippen LogP contribution in [-0.2, 0) is 10.2 Å². The lowest BCUT2D eigenvalue weighted by Gasteiger charge is -2.20. The highest BCUT2D eigenvalue weighted by molar-refractivity contribution is 7.87. The molecule has 12 heavy (non-hydrogen) atoms. The molecule has 0 aromatic heterocycles. The summed E-state index contributed by atoms with van der Waals surface area (Å²) in [4.78, 5) is 0. The van der Waals surface area contributed by atoms with Crippen molar-refractivity contribution in [3.63, 3.8) is 0 Å².